The van der Waals surface area contributed by atoms with Gasteiger partial charge in [-0.15, -0.1) is 0 Å². The summed E-state index contributed by atoms with van der Waals surface area (Å²) in [5.41, 5.74) is 2.86. The molecule has 0 aliphatic carbocycles. The lowest BCUT2D eigenvalue weighted by Crippen LogP contribution is -2.46. The molecule has 0 radical (unpaired) electrons. The number of aryl methyl sites for hydroxylation is 1. The van der Waals surface area contributed by atoms with E-state index in [9.17, 15) is 0 Å². The molecule has 1 heterocycles. The molecule has 0 unspecified atom stereocenters. The van der Waals surface area contributed by atoms with E-state index >= 15 is 0 Å². The van der Waals surface area contributed by atoms with Gasteiger partial charge in [0.15, 0.2) is 0 Å². The Hall–Kier alpha value is -1.02. The molecule has 0 N–H and O–H groups in total. The van der Waals surface area contributed by atoms with Gasteiger partial charge in [-0.05, 0) is 37.1 Å². The molecule has 0 bridgehead atoms. The van der Waals surface area contributed by atoms with Crippen LogP contribution >= 0.6 is 0 Å². The molecule has 1 aromatic rings. The standard InChI is InChI=1S/C16H26N2/c1-3-5-15-6-8-16(9-7-15)18-13-11-17(10-4-2)12-14-18/h6-9H,3-5,10-14H2,1-2H3. The van der Waals surface area contributed by atoms with Crippen molar-refractivity contribution in [3.05, 3.63) is 29.8 Å². The Bertz CT molecular complexity index is 337. The monoisotopic (exact) mass is 246 g/mol. The van der Waals surface area contributed by atoms with Gasteiger partial charge in [0.2, 0.25) is 0 Å². The van der Waals surface area contributed by atoms with Gasteiger partial charge in [0.25, 0.3) is 0 Å². The maximum absolute atomic E-state index is 2.57. The van der Waals surface area contributed by atoms with Gasteiger partial charge in [0, 0.05) is 31.9 Å². The molecule has 1 saturated heterocycles. The first kappa shape index (κ1) is 13.4. The highest BCUT2D eigenvalue weighted by Crippen LogP contribution is 2.18. The normalized spacial score (nSPS) is 17.1. The molecule has 0 saturated carbocycles. The van der Waals surface area contributed by atoms with Gasteiger partial charge in [0.05, 0.1) is 0 Å². The van der Waals surface area contributed by atoms with Crippen LogP contribution in [0.5, 0.6) is 0 Å². The Morgan fingerprint density at radius 3 is 2.11 bits per heavy atom. The van der Waals surface area contributed by atoms with Crippen LogP contribution in [0.25, 0.3) is 0 Å². The van der Waals surface area contributed by atoms with Gasteiger partial charge < -0.3 is 4.90 Å². The average Bonchev–Trinajstić information content (AvgIpc) is 2.41. The lowest BCUT2D eigenvalue weighted by atomic mass is 10.1. The van der Waals surface area contributed by atoms with E-state index in [0.29, 0.717) is 0 Å². The van der Waals surface area contributed by atoms with Gasteiger partial charge in [-0.2, -0.15) is 0 Å². The average molecular weight is 246 g/mol. The first-order valence-electron chi connectivity index (χ1n) is 7.39. The highest BCUT2D eigenvalue weighted by molar-refractivity contribution is 5.48. The van der Waals surface area contributed by atoms with Crippen LogP contribution in [0.3, 0.4) is 0 Å². The highest BCUT2D eigenvalue weighted by atomic mass is 15.3. The zero-order valence-corrected chi connectivity index (χ0v) is 11.9. The molecule has 0 atom stereocenters. The lowest BCUT2D eigenvalue weighted by molar-refractivity contribution is 0.258. The van der Waals surface area contributed by atoms with E-state index in [2.05, 4.69) is 47.9 Å². The number of benzene rings is 1. The molecule has 2 rings (SSSR count). The summed E-state index contributed by atoms with van der Waals surface area (Å²) < 4.78 is 0. The Labute approximate surface area is 112 Å². The van der Waals surface area contributed by atoms with Crippen molar-refractivity contribution in [1.29, 1.82) is 0 Å². The van der Waals surface area contributed by atoms with Crippen molar-refractivity contribution in [1.82, 2.24) is 4.90 Å². The Kier molecular flexibility index (Phi) is 5.06. The summed E-state index contributed by atoms with van der Waals surface area (Å²) in [6, 6.07) is 9.16. The molecule has 18 heavy (non-hydrogen) atoms. The maximum Gasteiger partial charge on any atom is 0.0367 e. The van der Waals surface area contributed by atoms with E-state index in [0.717, 1.165) is 0 Å². The number of piperazine rings is 1. The molecule has 1 aliphatic rings. The Balaban J connectivity index is 1.89. The minimum Gasteiger partial charge on any atom is -0.369 e. The second-order valence-corrected chi connectivity index (χ2v) is 5.25. The molecule has 1 fully saturated rings. The summed E-state index contributed by atoms with van der Waals surface area (Å²) in [7, 11) is 0. The smallest absolute Gasteiger partial charge is 0.0367 e. The fourth-order valence-corrected chi connectivity index (χ4v) is 2.71. The third-order valence-corrected chi connectivity index (χ3v) is 3.75. The summed E-state index contributed by atoms with van der Waals surface area (Å²) in [6.07, 6.45) is 3.70. The van der Waals surface area contributed by atoms with Crippen molar-refractivity contribution >= 4 is 5.69 Å². The molecule has 0 amide bonds. The number of hydrogen-bond acceptors (Lipinski definition) is 2. The number of nitrogens with zero attached hydrogens (tertiary/aromatic N) is 2. The van der Waals surface area contributed by atoms with E-state index < -0.39 is 0 Å². The molecule has 2 nitrogen and oxygen atoms in total. The SMILES string of the molecule is CCCc1ccc(N2CCN(CCC)CC2)cc1. The quantitative estimate of drug-likeness (QED) is 0.787. The van der Waals surface area contributed by atoms with Crippen LogP contribution in [0.1, 0.15) is 32.3 Å². The van der Waals surface area contributed by atoms with Crippen molar-refractivity contribution in [2.75, 3.05) is 37.6 Å². The molecular formula is C16H26N2. The second-order valence-electron chi connectivity index (χ2n) is 5.25. The third kappa shape index (κ3) is 3.49. The fraction of sp³-hybridized carbons (Fsp3) is 0.625. The van der Waals surface area contributed by atoms with Crippen molar-refractivity contribution < 1.29 is 0 Å². The van der Waals surface area contributed by atoms with Crippen molar-refractivity contribution in [2.24, 2.45) is 0 Å². The topological polar surface area (TPSA) is 6.48 Å². The number of hydrogen-bond donors (Lipinski definition) is 0. The second kappa shape index (κ2) is 6.79. The first-order valence-corrected chi connectivity index (χ1v) is 7.39. The lowest BCUT2D eigenvalue weighted by Gasteiger charge is -2.36. The Morgan fingerprint density at radius 1 is 0.889 bits per heavy atom. The summed E-state index contributed by atoms with van der Waals surface area (Å²) in [6.45, 7) is 10.5. The predicted molar refractivity (Wildman–Crippen MR) is 79.4 cm³/mol. The minimum absolute atomic E-state index is 1.17. The van der Waals surface area contributed by atoms with Gasteiger partial charge in [-0.25, -0.2) is 0 Å². The van der Waals surface area contributed by atoms with Crippen LogP contribution < -0.4 is 4.90 Å². The molecular weight excluding hydrogens is 220 g/mol. The van der Waals surface area contributed by atoms with Gasteiger partial charge in [-0.1, -0.05) is 32.4 Å². The molecule has 2 heteroatoms. The fourth-order valence-electron chi connectivity index (χ4n) is 2.71. The van der Waals surface area contributed by atoms with Crippen LogP contribution in [0, 0.1) is 0 Å². The first-order chi connectivity index (χ1) is 8.83. The van der Waals surface area contributed by atoms with Crippen LogP contribution in [0.4, 0.5) is 5.69 Å². The van der Waals surface area contributed by atoms with E-state index in [-0.39, 0.29) is 0 Å². The molecule has 0 aromatic heterocycles. The van der Waals surface area contributed by atoms with Crippen molar-refractivity contribution in [2.45, 2.75) is 33.1 Å². The molecule has 1 aliphatic heterocycles. The molecule has 1 aromatic carbocycles. The van der Waals surface area contributed by atoms with Gasteiger partial charge in [-0.3, -0.25) is 4.90 Å². The summed E-state index contributed by atoms with van der Waals surface area (Å²) in [5, 5.41) is 0. The predicted octanol–water partition coefficient (Wildman–Crippen LogP) is 3.17. The summed E-state index contributed by atoms with van der Waals surface area (Å²) in [5.74, 6) is 0. The number of anilines is 1. The molecule has 100 valence electrons. The van der Waals surface area contributed by atoms with Gasteiger partial charge in [0.1, 0.15) is 0 Å². The van der Waals surface area contributed by atoms with Crippen LogP contribution in [0.15, 0.2) is 24.3 Å². The zero-order chi connectivity index (χ0) is 12.8. The van der Waals surface area contributed by atoms with Crippen LogP contribution in [0.2, 0.25) is 0 Å². The summed E-state index contributed by atoms with van der Waals surface area (Å²) in [4.78, 5) is 5.09. The van der Waals surface area contributed by atoms with Crippen LogP contribution in [-0.2, 0) is 6.42 Å². The molecule has 0 spiro atoms. The van der Waals surface area contributed by atoms with E-state index in [4.69, 9.17) is 0 Å². The minimum atomic E-state index is 1.17. The van der Waals surface area contributed by atoms with E-state index in [1.807, 2.05) is 0 Å². The van der Waals surface area contributed by atoms with Crippen molar-refractivity contribution in [3.8, 4) is 0 Å². The van der Waals surface area contributed by atoms with Gasteiger partial charge >= 0.3 is 0 Å². The maximum atomic E-state index is 2.57. The zero-order valence-electron chi connectivity index (χ0n) is 11.9. The Morgan fingerprint density at radius 2 is 1.56 bits per heavy atom. The summed E-state index contributed by atoms with van der Waals surface area (Å²) >= 11 is 0. The largest absolute Gasteiger partial charge is 0.369 e. The number of rotatable bonds is 5. The van der Waals surface area contributed by atoms with E-state index in [1.165, 1.54) is 63.2 Å². The third-order valence-electron chi connectivity index (χ3n) is 3.75. The van der Waals surface area contributed by atoms with Crippen LogP contribution in [-0.4, -0.2) is 37.6 Å². The highest BCUT2D eigenvalue weighted by Gasteiger charge is 2.15. The van der Waals surface area contributed by atoms with E-state index in [1.54, 1.807) is 0 Å². The van der Waals surface area contributed by atoms with Crippen molar-refractivity contribution in [3.63, 3.8) is 0 Å².